The van der Waals surface area contributed by atoms with Crippen molar-refractivity contribution in [2.24, 2.45) is 0 Å². The first kappa shape index (κ1) is 11.9. The molecule has 4 heteroatoms. The second kappa shape index (κ2) is 5.54. The normalized spacial score (nSPS) is 11.4. The number of benzene rings is 1. The maximum Gasteiger partial charge on any atom is 2.00 e. The molecule has 0 fully saturated rings. The first-order valence-electron chi connectivity index (χ1n) is 3.15. The average Bonchev–Trinajstić information content (AvgIpc) is 2.05. The predicted molar refractivity (Wildman–Crippen MR) is 42.2 cm³/mol. The van der Waals surface area contributed by atoms with Crippen molar-refractivity contribution in [3.8, 4) is 0 Å². The van der Waals surface area contributed by atoms with Gasteiger partial charge in [0.1, 0.15) is 6.10 Å². The summed E-state index contributed by atoms with van der Waals surface area (Å²) in [5.41, 5.74) is 0.340. The maximum atomic E-state index is 10.1. The molecule has 0 heterocycles. The summed E-state index contributed by atoms with van der Waals surface area (Å²) in [5.74, 6) is -1.48. The van der Waals surface area contributed by atoms with Crippen LogP contribution < -0.4 is 5.11 Å². The van der Waals surface area contributed by atoms with Crippen LogP contribution in [0.3, 0.4) is 0 Å². The van der Waals surface area contributed by atoms with E-state index in [2.05, 4.69) is 0 Å². The molecule has 0 amide bonds. The number of aliphatic hydroxyl groups is 1. The summed E-state index contributed by atoms with van der Waals surface area (Å²) in [5, 5.41) is 19.1. The summed E-state index contributed by atoms with van der Waals surface area (Å²) in [7, 11) is 0. The van der Waals surface area contributed by atoms with Crippen LogP contribution in [0.4, 0.5) is 0 Å². The molecular formula is C8H7CaO3+. The van der Waals surface area contributed by atoms with Gasteiger partial charge in [-0.3, -0.25) is 0 Å². The van der Waals surface area contributed by atoms with Crippen LogP contribution in [0.15, 0.2) is 30.3 Å². The minimum Gasteiger partial charge on any atom is -0.547 e. The van der Waals surface area contributed by atoms with Crippen molar-refractivity contribution >= 4 is 43.7 Å². The number of carbonyl (C=O) groups excluding carboxylic acids is 1. The van der Waals surface area contributed by atoms with E-state index in [4.69, 9.17) is 5.11 Å². The fraction of sp³-hybridized carbons (Fsp3) is 0.125. The van der Waals surface area contributed by atoms with E-state index in [-0.39, 0.29) is 37.7 Å². The second-order valence-corrected chi connectivity index (χ2v) is 2.13. The molecule has 0 aliphatic heterocycles. The zero-order valence-electron chi connectivity index (χ0n) is 6.43. The van der Waals surface area contributed by atoms with Crippen molar-refractivity contribution in [1.29, 1.82) is 0 Å². The Kier molecular flexibility index (Phi) is 5.50. The number of carboxylic acids is 1. The molecule has 12 heavy (non-hydrogen) atoms. The smallest absolute Gasteiger partial charge is 0.547 e. The van der Waals surface area contributed by atoms with Gasteiger partial charge in [0.25, 0.3) is 0 Å². The largest absolute Gasteiger partial charge is 2.00 e. The quantitative estimate of drug-likeness (QED) is 0.616. The Hall–Kier alpha value is -0.0903. The minimum atomic E-state index is -1.52. The molecule has 0 saturated heterocycles. The molecule has 1 aromatic carbocycles. The molecule has 0 aliphatic carbocycles. The summed E-state index contributed by atoms with van der Waals surface area (Å²) in [6.45, 7) is 0. The van der Waals surface area contributed by atoms with Gasteiger partial charge in [0.05, 0.1) is 5.97 Å². The maximum absolute atomic E-state index is 10.1. The van der Waals surface area contributed by atoms with Gasteiger partial charge < -0.3 is 15.0 Å². The minimum absolute atomic E-state index is 0. The average molecular weight is 191 g/mol. The standard InChI is InChI=1S/C8H8O3.Ca/c9-7(8(10)11)6-4-2-1-3-5-6;/h1-5,7,9H,(H,10,11);/q;+2/p-1. The number of hydrogen-bond acceptors (Lipinski definition) is 3. The molecule has 3 nitrogen and oxygen atoms in total. The molecule has 0 spiro atoms. The molecule has 1 N–H and O–H groups in total. The number of hydrogen-bond donors (Lipinski definition) is 1. The van der Waals surface area contributed by atoms with Crippen LogP contribution in [0.1, 0.15) is 11.7 Å². The van der Waals surface area contributed by atoms with Crippen LogP contribution >= 0.6 is 0 Å². The zero-order chi connectivity index (χ0) is 8.27. The fourth-order valence-corrected chi connectivity index (χ4v) is 0.771. The van der Waals surface area contributed by atoms with E-state index in [1.807, 2.05) is 0 Å². The molecular weight excluding hydrogens is 184 g/mol. The number of rotatable bonds is 2. The van der Waals surface area contributed by atoms with Crippen molar-refractivity contribution in [2.75, 3.05) is 0 Å². The Balaban J connectivity index is 0.00000121. The van der Waals surface area contributed by atoms with Crippen LogP contribution in [0.2, 0.25) is 0 Å². The molecule has 1 unspecified atom stereocenters. The molecule has 1 atom stereocenters. The summed E-state index contributed by atoms with van der Waals surface area (Å²) < 4.78 is 0. The molecule has 0 radical (unpaired) electrons. The predicted octanol–water partition coefficient (Wildman–Crippen LogP) is -0.911. The molecule has 0 aliphatic rings. The zero-order valence-corrected chi connectivity index (χ0v) is 8.64. The molecule has 1 rings (SSSR count). The topological polar surface area (TPSA) is 60.4 Å². The molecule has 0 aromatic heterocycles. The van der Waals surface area contributed by atoms with E-state index in [1.165, 1.54) is 12.1 Å². The van der Waals surface area contributed by atoms with Gasteiger partial charge in [0.15, 0.2) is 0 Å². The van der Waals surface area contributed by atoms with E-state index in [9.17, 15) is 9.90 Å². The van der Waals surface area contributed by atoms with Gasteiger partial charge in [0.2, 0.25) is 0 Å². The number of aliphatic carboxylic acids is 1. The first-order valence-corrected chi connectivity index (χ1v) is 3.15. The Morgan fingerprint density at radius 3 is 2.25 bits per heavy atom. The van der Waals surface area contributed by atoms with Gasteiger partial charge in [0, 0.05) is 0 Å². The monoisotopic (exact) mass is 191 g/mol. The Morgan fingerprint density at radius 1 is 1.33 bits per heavy atom. The Bertz CT molecular complexity index is 248. The van der Waals surface area contributed by atoms with Crippen molar-refractivity contribution < 1.29 is 15.0 Å². The fourth-order valence-electron chi connectivity index (χ4n) is 0.771. The Labute approximate surface area is 100 Å². The van der Waals surface area contributed by atoms with Crippen LogP contribution in [0, 0.1) is 0 Å². The molecule has 0 bridgehead atoms. The summed E-state index contributed by atoms with van der Waals surface area (Å²) in [4.78, 5) is 10.1. The SMILES string of the molecule is O=C([O-])C(O)c1ccccc1.[Ca+2]. The molecule has 58 valence electrons. The molecule has 1 aromatic rings. The Morgan fingerprint density at radius 2 is 1.83 bits per heavy atom. The first-order chi connectivity index (χ1) is 5.22. The molecule has 0 saturated carbocycles. The van der Waals surface area contributed by atoms with Gasteiger partial charge in [-0.15, -0.1) is 0 Å². The summed E-state index contributed by atoms with van der Waals surface area (Å²) in [6, 6.07) is 8.11. The second-order valence-electron chi connectivity index (χ2n) is 2.13. The van der Waals surface area contributed by atoms with Gasteiger partial charge in [-0.2, -0.15) is 0 Å². The van der Waals surface area contributed by atoms with Crippen molar-refractivity contribution in [3.63, 3.8) is 0 Å². The van der Waals surface area contributed by atoms with Crippen molar-refractivity contribution in [2.45, 2.75) is 6.10 Å². The van der Waals surface area contributed by atoms with E-state index in [0.717, 1.165) is 0 Å². The van der Waals surface area contributed by atoms with E-state index >= 15 is 0 Å². The van der Waals surface area contributed by atoms with Gasteiger partial charge >= 0.3 is 37.7 Å². The van der Waals surface area contributed by atoms with E-state index < -0.39 is 12.1 Å². The summed E-state index contributed by atoms with van der Waals surface area (Å²) >= 11 is 0. The van der Waals surface area contributed by atoms with Crippen LogP contribution in [0.25, 0.3) is 0 Å². The third kappa shape index (κ3) is 3.11. The van der Waals surface area contributed by atoms with Crippen LogP contribution in [0.5, 0.6) is 0 Å². The van der Waals surface area contributed by atoms with Gasteiger partial charge in [-0.1, -0.05) is 30.3 Å². The number of carbonyl (C=O) groups is 1. The van der Waals surface area contributed by atoms with Crippen molar-refractivity contribution in [3.05, 3.63) is 35.9 Å². The summed E-state index contributed by atoms with van der Waals surface area (Å²) in [6.07, 6.45) is -1.52. The van der Waals surface area contributed by atoms with E-state index in [0.29, 0.717) is 5.56 Å². The van der Waals surface area contributed by atoms with E-state index in [1.54, 1.807) is 18.2 Å². The third-order valence-corrected chi connectivity index (χ3v) is 1.34. The van der Waals surface area contributed by atoms with Crippen LogP contribution in [-0.2, 0) is 4.79 Å². The van der Waals surface area contributed by atoms with Crippen molar-refractivity contribution in [1.82, 2.24) is 0 Å². The van der Waals surface area contributed by atoms with Crippen LogP contribution in [-0.4, -0.2) is 48.8 Å². The van der Waals surface area contributed by atoms with Gasteiger partial charge in [-0.25, -0.2) is 0 Å². The number of carboxylic acid groups (broad SMARTS) is 1. The van der Waals surface area contributed by atoms with Gasteiger partial charge in [-0.05, 0) is 5.56 Å². The number of aliphatic hydroxyl groups excluding tert-OH is 1. The third-order valence-electron chi connectivity index (χ3n) is 1.34.